The van der Waals surface area contributed by atoms with Gasteiger partial charge in [-0.3, -0.25) is 9.59 Å². The van der Waals surface area contributed by atoms with Crippen LogP contribution in [0.2, 0.25) is 0 Å². The number of methoxy groups -OCH3 is 1. The van der Waals surface area contributed by atoms with E-state index in [4.69, 9.17) is 10.5 Å². The Bertz CT molecular complexity index is 739. The number of hydrogen-bond donors (Lipinski definition) is 3. The van der Waals surface area contributed by atoms with Gasteiger partial charge < -0.3 is 21.1 Å². The summed E-state index contributed by atoms with van der Waals surface area (Å²) >= 11 is 0. The molecule has 1 heterocycles. The number of nitrogens with zero attached hydrogens (tertiary/aromatic N) is 1. The van der Waals surface area contributed by atoms with Gasteiger partial charge in [0, 0.05) is 32.4 Å². The Kier molecular flexibility index (Phi) is 8.44. The number of hydrogen-bond acceptors (Lipinski definition) is 6. The van der Waals surface area contributed by atoms with Crippen LogP contribution >= 0.6 is 12.4 Å². The summed E-state index contributed by atoms with van der Waals surface area (Å²) in [6, 6.07) is 5.91. The van der Waals surface area contributed by atoms with Crippen LogP contribution in [0.25, 0.3) is 0 Å². The van der Waals surface area contributed by atoms with Crippen LogP contribution in [-0.4, -0.2) is 63.9 Å². The maximum absolute atomic E-state index is 12.6. The Morgan fingerprint density at radius 2 is 2.19 bits per heavy atom. The van der Waals surface area contributed by atoms with Gasteiger partial charge in [0.15, 0.2) is 0 Å². The number of piperazine rings is 1. The fourth-order valence-corrected chi connectivity index (χ4v) is 3.83. The molecular formula is C15H23ClN4O5S. The molecule has 1 fully saturated rings. The Morgan fingerprint density at radius 1 is 1.46 bits per heavy atom. The summed E-state index contributed by atoms with van der Waals surface area (Å²) in [5.41, 5.74) is 5.82. The highest BCUT2D eigenvalue weighted by molar-refractivity contribution is 7.89. The SMILES string of the molecule is COC(CN)CC(=O)Nc1cccc(S(=O)(=O)N2CCNC(=O)C2)c1.Cl. The van der Waals surface area contributed by atoms with Crippen molar-refractivity contribution < 1.29 is 22.7 Å². The number of nitrogens with two attached hydrogens (primary N) is 1. The number of anilines is 1. The minimum atomic E-state index is -3.81. The summed E-state index contributed by atoms with van der Waals surface area (Å²) < 4.78 is 31.4. The van der Waals surface area contributed by atoms with E-state index in [9.17, 15) is 18.0 Å². The lowest BCUT2D eigenvalue weighted by molar-refractivity contribution is -0.122. The molecule has 11 heteroatoms. The summed E-state index contributed by atoms with van der Waals surface area (Å²) in [6.07, 6.45) is -0.338. The fourth-order valence-electron chi connectivity index (χ4n) is 2.39. The second kappa shape index (κ2) is 9.83. The van der Waals surface area contributed by atoms with Crippen LogP contribution in [0, 0.1) is 0 Å². The van der Waals surface area contributed by atoms with E-state index in [2.05, 4.69) is 10.6 Å². The Hall–Kier alpha value is -1.72. The van der Waals surface area contributed by atoms with Crippen LogP contribution in [0.3, 0.4) is 0 Å². The first kappa shape index (κ1) is 22.3. The number of nitrogens with one attached hydrogen (secondary N) is 2. The molecule has 1 saturated heterocycles. The summed E-state index contributed by atoms with van der Waals surface area (Å²) in [4.78, 5) is 23.4. The van der Waals surface area contributed by atoms with Crippen LogP contribution in [0.4, 0.5) is 5.69 Å². The van der Waals surface area contributed by atoms with Gasteiger partial charge in [-0.25, -0.2) is 8.42 Å². The monoisotopic (exact) mass is 406 g/mol. The molecule has 1 aromatic rings. The molecule has 4 N–H and O–H groups in total. The van der Waals surface area contributed by atoms with E-state index >= 15 is 0 Å². The smallest absolute Gasteiger partial charge is 0.243 e. The van der Waals surface area contributed by atoms with Gasteiger partial charge in [-0.2, -0.15) is 4.31 Å². The van der Waals surface area contributed by atoms with Crippen LogP contribution < -0.4 is 16.4 Å². The number of amides is 2. The molecular weight excluding hydrogens is 384 g/mol. The van der Waals surface area contributed by atoms with Crippen molar-refractivity contribution >= 4 is 39.9 Å². The van der Waals surface area contributed by atoms with Crippen molar-refractivity contribution in [1.82, 2.24) is 9.62 Å². The first-order valence-corrected chi connectivity index (χ1v) is 9.20. The third kappa shape index (κ3) is 5.64. The van der Waals surface area contributed by atoms with E-state index in [1.807, 2.05) is 0 Å². The second-order valence-electron chi connectivity index (χ2n) is 5.56. The predicted octanol–water partition coefficient (Wildman–Crippen LogP) is -0.469. The van der Waals surface area contributed by atoms with Crippen LogP contribution in [0.15, 0.2) is 29.2 Å². The van der Waals surface area contributed by atoms with E-state index in [0.717, 1.165) is 4.31 Å². The second-order valence-corrected chi connectivity index (χ2v) is 7.50. The quantitative estimate of drug-likeness (QED) is 0.561. The molecule has 1 unspecified atom stereocenters. The van der Waals surface area contributed by atoms with Crippen LogP contribution in [0.5, 0.6) is 0 Å². The van der Waals surface area contributed by atoms with E-state index in [0.29, 0.717) is 5.69 Å². The number of ether oxygens (including phenoxy) is 1. The molecule has 1 aromatic carbocycles. The molecule has 0 saturated carbocycles. The van der Waals surface area contributed by atoms with Crippen molar-refractivity contribution in [2.75, 3.05) is 38.6 Å². The van der Waals surface area contributed by atoms with Gasteiger partial charge >= 0.3 is 0 Å². The average Bonchev–Trinajstić information content (AvgIpc) is 2.60. The number of rotatable bonds is 7. The highest BCUT2D eigenvalue weighted by Gasteiger charge is 2.29. The van der Waals surface area contributed by atoms with Gasteiger partial charge in [-0.1, -0.05) is 6.07 Å². The highest BCUT2D eigenvalue weighted by Crippen LogP contribution is 2.20. The maximum atomic E-state index is 12.6. The number of halogens is 1. The number of sulfonamides is 1. The number of benzene rings is 1. The lowest BCUT2D eigenvalue weighted by Gasteiger charge is -2.26. The molecule has 0 aromatic heterocycles. The van der Waals surface area contributed by atoms with Crippen molar-refractivity contribution in [2.24, 2.45) is 5.73 Å². The van der Waals surface area contributed by atoms with Crippen molar-refractivity contribution in [3.05, 3.63) is 24.3 Å². The molecule has 2 amide bonds. The average molecular weight is 407 g/mol. The molecule has 146 valence electrons. The lowest BCUT2D eigenvalue weighted by atomic mass is 10.2. The Morgan fingerprint density at radius 3 is 2.81 bits per heavy atom. The van der Waals surface area contributed by atoms with Crippen molar-refractivity contribution in [2.45, 2.75) is 17.4 Å². The molecule has 0 bridgehead atoms. The van der Waals surface area contributed by atoms with Crippen LogP contribution in [0.1, 0.15) is 6.42 Å². The van der Waals surface area contributed by atoms with E-state index in [1.165, 1.54) is 25.3 Å². The molecule has 26 heavy (non-hydrogen) atoms. The fraction of sp³-hybridized carbons (Fsp3) is 0.467. The molecule has 0 aliphatic carbocycles. The molecule has 1 atom stereocenters. The maximum Gasteiger partial charge on any atom is 0.243 e. The zero-order valence-corrected chi connectivity index (χ0v) is 15.9. The van der Waals surface area contributed by atoms with Crippen molar-refractivity contribution in [1.29, 1.82) is 0 Å². The third-order valence-electron chi connectivity index (χ3n) is 3.77. The predicted molar refractivity (Wildman–Crippen MR) is 98.6 cm³/mol. The molecule has 0 spiro atoms. The summed E-state index contributed by atoms with van der Waals surface area (Å²) in [7, 11) is -2.34. The first-order chi connectivity index (χ1) is 11.9. The normalized spacial score (nSPS) is 16.3. The van der Waals surface area contributed by atoms with Crippen LogP contribution in [-0.2, 0) is 24.3 Å². The largest absolute Gasteiger partial charge is 0.380 e. The molecule has 9 nitrogen and oxygen atoms in total. The van der Waals surface area contributed by atoms with E-state index < -0.39 is 16.1 Å². The Labute approximate surface area is 158 Å². The summed E-state index contributed by atoms with van der Waals surface area (Å²) in [5, 5.41) is 5.21. The molecule has 2 rings (SSSR count). The van der Waals surface area contributed by atoms with Gasteiger partial charge in [0.2, 0.25) is 21.8 Å². The lowest BCUT2D eigenvalue weighted by Crippen LogP contribution is -2.49. The molecule has 0 radical (unpaired) electrons. The van der Waals surface area contributed by atoms with Crippen molar-refractivity contribution in [3.8, 4) is 0 Å². The zero-order chi connectivity index (χ0) is 18.4. The topological polar surface area (TPSA) is 131 Å². The van der Waals surface area contributed by atoms with Gasteiger partial charge in [-0.15, -0.1) is 12.4 Å². The zero-order valence-electron chi connectivity index (χ0n) is 14.3. The van der Waals surface area contributed by atoms with Gasteiger partial charge in [0.05, 0.1) is 24.0 Å². The third-order valence-corrected chi connectivity index (χ3v) is 5.61. The minimum absolute atomic E-state index is 0. The van der Waals surface area contributed by atoms with Gasteiger partial charge in [0.1, 0.15) is 0 Å². The van der Waals surface area contributed by atoms with E-state index in [-0.39, 0.29) is 61.7 Å². The summed E-state index contributed by atoms with van der Waals surface area (Å²) in [5.74, 6) is -0.670. The van der Waals surface area contributed by atoms with Gasteiger partial charge in [-0.05, 0) is 18.2 Å². The Balaban J connectivity index is 0.00000338. The standard InChI is InChI=1S/C15H22N4O5S.ClH/c1-24-12(9-16)8-14(20)18-11-3-2-4-13(7-11)25(22,23)19-6-5-17-15(21)10-19;/h2-4,7,12H,5-6,8-10,16H2,1H3,(H,17,21)(H,18,20);1H. The first-order valence-electron chi connectivity index (χ1n) is 7.76. The van der Waals surface area contributed by atoms with Gasteiger partial charge in [0.25, 0.3) is 0 Å². The minimum Gasteiger partial charge on any atom is -0.380 e. The molecule has 1 aliphatic heterocycles. The van der Waals surface area contributed by atoms with Crippen molar-refractivity contribution in [3.63, 3.8) is 0 Å². The summed E-state index contributed by atoms with van der Waals surface area (Å²) in [6.45, 7) is 0.461. The molecule has 1 aliphatic rings. The van der Waals surface area contributed by atoms with E-state index in [1.54, 1.807) is 6.07 Å². The number of carbonyl (C=O) groups is 2. The number of carbonyl (C=O) groups excluding carboxylic acids is 2. The highest BCUT2D eigenvalue weighted by atomic mass is 35.5.